The molecule has 1 heterocycles. The van der Waals surface area contributed by atoms with Crippen LogP contribution in [0.15, 0.2) is 29.3 Å². The van der Waals surface area contributed by atoms with Gasteiger partial charge in [0.1, 0.15) is 0 Å². The van der Waals surface area contributed by atoms with Gasteiger partial charge in [0.15, 0.2) is 5.96 Å². The van der Waals surface area contributed by atoms with E-state index < -0.39 is 17.6 Å². The molecule has 3 N–H and O–H groups in total. The quantitative estimate of drug-likeness (QED) is 0.227. The van der Waals surface area contributed by atoms with Gasteiger partial charge in [-0.15, -0.1) is 24.0 Å². The van der Waals surface area contributed by atoms with Crippen molar-refractivity contribution in [2.75, 3.05) is 32.8 Å². The van der Waals surface area contributed by atoms with E-state index in [2.05, 4.69) is 20.9 Å². The largest absolute Gasteiger partial charge is 0.416 e. The first-order valence-corrected chi connectivity index (χ1v) is 8.99. The number of nitrogens with zero attached hydrogens (tertiary/aromatic N) is 1. The molecule has 10 heteroatoms. The summed E-state index contributed by atoms with van der Waals surface area (Å²) in [6, 6.07) is 4.12. The molecule has 0 saturated carbocycles. The Hall–Kier alpha value is -1.56. The van der Waals surface area contributed by atoms with Gasteiger partial charge in [0, 0.05) is 31.8 Å². The molecule has 1 unspecified atom stereocenters. The van der Waals surface area contributed by atoms with E-state index in [0.29, 0.717) is 32.1 Å². The highest BCUT2D eigenvalue weighted by Crippen LogP contribution is 2.29. The topological polar surface area (TPSA) is 74.8 Å². The second-order valence-corrected chi connectivity index (χ2v) is 6.11. The summed E-state index contributed by atoms with van der Waals surface area (Å²) >= 11 is 0. The standard InChI is InChI=1S/C18H25F3N4O2.HI/c1-2-22-17(25-12-15-4-3-11-27-15)24-10-9-23-16(26)13-5-7-14(8-6-13)18(19,20)21;/h5-8,15H,2-4,9-12H2,1H3,(H,23,26)(H2,22,24,25);1H. The lowest BCUT2D eigenvalue weighted by Crippen LogP contribution is -2.42. The molecule has 1 aromatic carbocycles. The summed E-state index contributed by atoms with van der Waals surface area (Å²) in [5, 5.41) is 8.87. The molecule has 28 heavy (non-hydrogen) atoms. The predicted octanol–water partition coefficient (Wildman–Crippen LogP) is 2.79. The highest BCUT2D eigenvalue weighted by Gasteiger charge is 2.30. The molecule has 1 saturated heterocycles. The Balaban J connectivity index is 0.00000392. The van der Waals surface area contributed by atoms with Crippen LogP contribution < -0.4 is 16.0 Å². The number of carbonyl (C=O) groups is 1. The zero-order chi connectivity index (χ0) is 19.7. The summed E-state index contributed by atoms with van der Waals surface area (Å²) in [5.41, 5.74) is -0.597. The fourth-order valence-corrected chi connectivity index (χ4v) is 2.59. The van der Waals surface area contributed by atoms with Gasteiger partial charge in [0.2, 0.25) is 0 Å². The molecule has 0 aromatic heterocycles. The van der Waals surface area contributed by atoms with E-state index in [9.17, 15) is 18.0 Å². The number of benzene rings is 1. The smallest absolute Gasteiger partial charge is 0.376 e. The molecule has 1 aromatic rings. The van der Waals surface area contributed by atoms with Crippen molar-refractivity contribution >= 4 is 35.8 Å². The lowest BCUT2D eigenvalue weighted by atomic mass is 10.1. The second kappa shape index (κ2) is 12.1. The number of amides is 1. The SMILES string of the molecule is CCNC(=NCC1CCCO1)NCCNC(=O)c1ccc(C(F)(F)F)cc1.I. The number of ether oxygens (including phenoxy) is 1. The van der Waals surface area contributed by atoms with Crippen LogP contribution in [0.2, 0.25) is 0 Å². The number of rotatable bonds is 7. The van der Waals surface area contributed by atoms with Crippen molar-refractivity contribution in [1.29, 1.82) is 0 Å². The number of nitrogens with one attached hydrogen (secondary N) is 3. The van der Waals surface area contributed by atoms with Crippen LogP contribution in [0.25, 0.3) is 0 Å². The normalized spacial score (nSPS) is 17.0. The van der Waals surface area contributed by atoms with Crippen LogP contribution in [0, 0.1) is 0 Å². The van der Waals surface area contributed by atoms with E-state index in [-0.39, 0.29) is 35.6 Å². The fraction of sp³-hybridized carbons (Fsp3) is 0.556. The molecule has 0 aliphatic carbocycles. The van der Waals surface area contributed by atoms with Gasteiger partial charge < -0.3 is 20.7 Å². The van der Waals surface area contributed by atoms with E-state index in [1.54, 1.807) is 0 Å². The Morgan fingerprint density at radius 2 is 1.86 bits per heavy atom. The highest BCUT2D eigenvalue weighted by molar-refractivity contribution is 14.0. The van der Waals surface area contributed by atoms with Crippen LogP contribution in [0.3, 0.4) is 0 Å². The van der Waals surface area contributed by atoms with Crippen LogP contribution in [0.4, 0.5) is 13.2 Å². The minimum absolute atomic E-state index is 0. The molecule has 158 valence electrons. The van der Waals surface area contributed by atoms with Gasteiger partial charge in [-0.2, -0.15) is 13.2 Å². The van der Waals surface area contributed by atoms with Crippen molar-refractivity contribution < 1.29 is 22.7 Å². The first-order chi connectivity index (χ1) is 12.9. The molecule has 2 rings (SSSR count). The molecule has 1 amide bonds. The first-order valence-electron chi connectivity index (χ1n) is 8.99. The van der Waals surface area contributed by atoms with Crippen LogP contribution in [-0.4, -0.2) is 50.8 Å². The summed E-state index contributed by atoms with van der Waals surface area (Å²) in [7, 11) is 0. The molecular formula is C18H26F3IN4O2. The highest BCUT2D eigenvalue weighted by atomic mass is 127. The van der Waals surface area contributed by atoms with Crippen molar-refractivity contribution in [3.05, 3.63) is 35.4 Å². The molecule has 6 nitrogen and oxygen atoms in total. The molecular weight excluding hydrogens is 488 g/mol. The van der Waals surface area contributed by atoms with Crippen LogP contribution in [-0.2, 0) is 10.9 Å². The predicted molar refractivity (Wildman–Crippen MR) is 112 cm³/mol. The lowest BCUT2D eigenvalue weighted by molar-refractivity contribution is -0.137. The van der Waals surface area contributed by atoms with Gasteiger partial charge in [-0.05, 0) is 44.0 Å². The summed E-state index contributed by atoms with van der Waals surface area (Å²) < 4.78 is 43.1. The van der Waals surface area contributed by atoms with Crippen molar-refractivity contribution in [1.82, 2.24) is 16.0 Å². The maximum absolute atomic E-state index is 12.5. The van der Waals surface area contributed by atoms with Gasteiger partial charge in [0.05, 0.1) is 18.2 Å². The van der Waals surface area contributed by atoms with Crippen LogP contribution in [0.1, 0.15) is 35.7 Å². The maximum atomic E-state index is 12.5. The van der Waals surface area contributed by atoms with Gasteiger partial charge in [0.25, 0.3) is 5.91 Å². The Morgan fingerprint density at radius 3 is 2.43 bits per heavy atom. The number of hydrogen-bond donors (Lipinski definition) is 3. The molecule has 0 spiro atoms. The molecule has 0 radical (unpaired) electrons. The zero-order valence-electron chi connectivity index (χ0n) is 15.6. The number of alkyl halides is 3. The Bertz CT molecular complexity index is 633. The van der Waals surface area contributed by atoms with E-state index in [1.807, 2.05) is 6.92 Å². The number of aliphatic imine (C=N–C) groups is 1. The number of carbonyl (C=O) groups excluding carboxylic acids is 1. The minimum Gasteiger partial charge on any atom is -0.376 e. The summed E-state index contributed by atoms with van der Waals surface area (Å²) in [4.78, 5) is 16.4. The Morgan fingerprint density at radius 1 is 1.18 bits per heavy atom. The van der Waals surface area contributed by atoms with Crippen LogP contribution >= 0.6 is 24.0 Å². The molecule has 1 fully saturated rings. The van der Waals surface area contributed by atoms with E-state index in [1.165, 1.54) is 12.1 Å². The molecule has 0 bridgehead atoms. The minimum atomic E-state index is -4.41. The average molecular weight is 514 g/mol. The lowest BCUT2D eigenvalue weighted by Gasteiger charge is -2.13. The fourth-order valence-electron chi connectivity index (χ4n) is 2.59. The first kappa shape index (κ1) is 24.5. The number of hydrogen-bond acceptors (Lipinski definition) is 3. The van der Waals surface area contributed by atoms with E-state index in [0.717, 1.165) is 31.6 Å². The second-order valence-electron chi connectivity index (χ2n) is 6.11. The molecule has 1 atom stereocenters. The third-order valence-corrected chi connectivity index (χ3v) is 4.00. The van der Waals surface area contributed by atoms with Crippen LogP contribution in [0.5, 0.6) is 0 Å². The summed E-state index contributed by atoms with van der Waals surface area (Å²) in [5.74, 6) is 0.212. The molecule has 1 aliphatic rings. The van der Waals surface area contributed by atoms with Gasteiger partial charge in [-0.1, -0.05) is 0 Å². The maximum Gasteiger partial charge on any atom is 0.416 e. The van der Waals surface area contributed by atoms with Gasteiger partial charge in [-0.25, -0.2) is 0 Å². The van der Waals surface area contributed by atoms with Crippen molar-refractivity contribution in [2.24, 2.45) is 4.99 Å². The van der Waals surface area contributed by atoms with Gasteiger partial charge in [-0.3, -0.25) is 9.79 Å². The van der Waals surface area contributed by atoms with E-state index >= 15 is 0 Å². The third-order valence-electron chi connectivity index (χ3n) is 4.00. The summed E-state index contributed by atoms with van der Waals surface area (Å²) in [6.45, 7) is 4.76. The van der Waals surface area contributed by atoms with Crippen molar-refractivity contribution in [3.63, 3.8) is 0 Å². The monoisotopic (exact) mass is 514 g/mol. The third kappa shape index (κ3) is 8.21. The number of halogens is 4. The summed E-state index contributed by atoms with van der Waals surface area (Å²) in [6.07, 6.45) is -2.20. The Labute approximate surface area is 179 Å². The number of guanidine groups is 1. The molecule has 1 aliphatic heterocycles. The zero-order valence-corrected chi connectivity index (χ0v) is 18.0. The average Bonchev–Trinajstić information content (AvgIpc) is 3.16. The van der Waals surface area contributed by atoms with Crippen molar-refractivity contribution in [2.45, 2.75) is 32.0 Å². The van der Waals surface area contributed by atoms with E-state index in [4.69, 9.17) is 4.74 Å². The Kier molecular flexibility index (Phi) is 10.6. The van der Waals surface area contributed by atoms with Gasteiger partial charge >= 0.3 is 6.18 Å². The van der Waals surface area contributed by atoms with Crippen molar-refractivity contribution in [3.8, 4) is 0 Å².